The lowest BCUT2D eigenvalue weighted by atomic mass is 9.44. The molecule has 0 aromatic heterocycles. The smallest absolute Gasteiger partial charge is 0.0126 e. The van der Waals surface area contributed by atoms with Crippen LogP contribution >= 0.6 is 0 Å². The van der Waals surface area contributed by atoms with Crippen molar-refractivity contribution in [2.75, 3.05) is 7.05 Å². The Morgan fingerprint density at radius 3 is 2.50 bits per heavy atom. The number of fused-ring (bicyclic) bond motifs is 2. The molecule has 1 heteroatoms. The molecule has 82 valence electrons. The summed E-state index contributed by atoms with van der Waals surface area (Å²) in [7, 11) is 2.15. The number of hydrogen-bond donors (Lipinski definition) is 1. The van der Waals surface area contributed by atoms with Crippen LogP contribution in [-0.2, 0) is 0 Å². The molecule has 0 aromatic rings. The van der Waals surface area contributed by atoms with E-state index in [0.29, 0.717) is 5.41 Å². The second-order valence-electron chi connectivity index (χ2n) is 5.96. The molecule has 1 N–H and O–H groups in total. The summed E-state index contributed by atoms with van der Waals surface area (Å²) in [5, 5.41) is 3.58. The van der Waals surface area contributed by atoms with E-state index in [9.17, 15) is 0 Å². The Labute approximate surface area is 88.7 Å². The lowest BCUT2D eigenvalue weighted by molar-refractivity contribution is -0.114. The van der Waals surface area contributed by atoms with E-state index in [1.165, 1.54) is 25.7 Å². The molecule has 3 aliphatic carbocycles. The Kier molecular flexibility index (Phi) is 2.63. The van der Waals surface area contributed by atoms with Gasteiger partial charge in [0.2, 0.25) is 0 Å². The van der Waals surface area contributed by atoms with E-state index in [4.69, 9.17) is 0 Å². The number of rotatable bonds is 3. The van der Waals surface area contributed by atoms with E-state index in [1.54, 1.807) is 0 Å². The molecule has 0 aromatic carbocycles. The van der Waals surface area contributed by atoms with Crippen molar-refractivity contribution in [1.29, 1.82) is 0 Å². The molecule has 14 heavy (non-hydrogen) atoms. The highest BCUT2D eigenvalue weighted by Gasteiger charge is 2.56. The van der Waals surface area contributed by atoms with Gasteiger partial charge in [0.1, 0.15) is 0 Å². The van der Waals surface area contributed by atoms with Crippen molar-refractivity contribution in [3.05, 3.63) is 0 Å². The Morgan fingerprint density at radius 2 is 2.00 bits per heavy atom. The third-order valence-electron chi connectivity index (χ3n) is 5.07. The average Bonchev–Trinajstić information content (AvgIpc) is 2.17. The third kappa shape index (κ3) is 1.32. The predicted octanol–water partition coefficient (Wildman–Crippen LogP) is 3.06. The van der Waals surface area contributed by atoms with Gasteiger partial charge in [-0.15, -0.1) is 0 Å². The molecule has 3 aliphatic rings. The van der Waals surface area contributed by atoms with Gasteiger partial charge in [0.15, 0.2) is 0 Å². The Bertz CT molecular complexity index is 209. The standard InChI is InChI=1S/C13H25N/c1-5-6-9-7-10-8-11(12(9)14-4)13(10,2)3/h9-12,14H,5-8H2,1-4H3/t9-,10+,11+,12?/m0/s1. The van der Waals surface area contributed by atoms with Gasteiger partial charge in [0.05, 0.1) is 0 Å². The topological polar surface area (TPSA) is 12.0 Å². The maximum atomic E-state index is 3.58. The van der Waals surface area contributed by atoms with Gasteiger partial charge in [-0.3, -0.25) is 0 Å². The minimum absolute atomic E-state index is 0.623. The molecule has 0 heterocycles. The third-order valence-corrected chi connectivity index (χ3v) is 5.07. The molecule has 0 amide bonds. The molecule has 0 saturated heterocycles. The van der Waals surface area contributed by atoms with Crippen molar-refractivity contribution in [2.24, 2.45) is 23.2 Å². The predicted molar refractivity (Wildman–Crippen MR) is 61.2 cm³/mol. The molecule has 1 unspecified atom stereocenters. The second kappa shape index (κ2) is 3.52. The van der Waals surface area contributed by atoms with Gasteiger partial charge < -0.3 is 5.32 Å². The second-order valence-corrected chi connectivity index (χ2v) is 5.96. The maximum Gasteiger partial charge on any atom is 0.0126 e. The Hall–Kier alpha value is -0.0400. The quantitative estimate of drug-likeness (QED) is 0.730. The summed E-state index contributed by atoms with van der Waals surface area (Å²) < 4.78 is 0. The molecule has 0 spiro atoms. The summed E-state index contributed by atoms with van der Waals surface area (Å²) in [4.78, 5) is 0. The lowest BCUT2D eigenvalue weighted by Crippen LogP contribution is -2.61. The van der Waals surface area contributed by atoms with E-state index >= 15 is 0 Å². The minimum Gasteiger partial charge on any atom is -0.316 e. The first kappa shape index (κ1) is 10.5. The monoisotopic (exact) mass is 195 g/mol. The van der Waals surface area contributed by atoms with Crippen molar-refractivity contribution in [1.82, 2.24) is 5.32 Å². The van der Waals surface area contributed by atoms with Crippen LogP contribution in [0.1, 0.15) is 46.5 Å². The van der Waals surface area contributed by atoms with Crippen molar-refractivity contribution in [3.8, 4) is 0 Å². The summed E-state index contributed by atoms with van der Waals surface area (Å²) in [5.74, 6) is 2.93. The molecule has 4 atom stereocenters. The highest BCUT2D eigenvalue weighted by molar-refractivity contribution is 5.08. The fraction of sp³-hybridized carbons (Fsp3) is 1.00. The number of hydrogen-bond acceptors (Lipinski definition) is 1. The van der Waals surface area contributed by atoms with Gasteiger partial charge in [0.25, 0.3) is 0 Å². The lowest BCUT2D eigenvalue weighted by Gasteiger charge is -2.62. The van der Waals surface area contributed by atoms with Gasteiger partial charge in [-0.25, -0.2) is 0 Å². The molecule has 3 saturated carbocycles. The molecule has 1 nitrogen and oxygen atoms in total. The zero-order valence-electron chi connectivity index (χ0n) is 10.1. The van der Waals surface area contributed by atoms with Crippen LogP contribution in [0, 0.1) is 23.2 Å². The van der Waals surface area contributed by atoms with Gasteiger partial charge in [0, 0.05) is 6.04 Å². The summed E-state index contributed by atoms with van der Waals surface area (Å²) >= 11 is 0. The van der Waals surface area contributed by atoms with Crippen molar-refractivity contribution in [2.45, 2.75) is 52.5 Å². The van der Waals surface area contributed by atoms with Gasteiger partial charge in [-0.2, -0.15) is 0 Å². The van der Waals surface area contributed by atoms with Crippen LogP contribution < -0.4 is 5.32 Å². The van der Waals surface area contributed by atoms with E-state index in [-0.39, 0.29) is 0 Å². The Balaban J connectivity index is 2.07. The first-order valence-electron chi connectivity index (χ1n) is 6.28. The zero-order chi connectivity index (χ0) is 10.3. The highest BCUT2D eigenvalue weighted by Crippen LogP contribution is 2.61. The highest BCUT2D eigenvalue weighted by atomic mass is 14.9. The molecule has 0 radical (unpaired) electrons. The van der Waals surface area contributed by atoms with Crippen LogP contribution in [0.2, 0.25) is 0 Å². The van der Waals surface area contributed by atoms with E-state index in [0.717, 1.165) is 23.8 Å². The van der Waals surface area contributed by atoms with Gasteiger partial charge >= 0.3 is 0 Å². The number of nitrogens with one attached hydrogen (secondary N) is 1. The summed E-state index contributed by atoms with van der Waals surface area (Å²) in [5.41, 5.74) is 0.623. The molecular weight excluding hydrogens is 170 g/mol. The molecule has 0 aliphatic heterocycles. The van der Waals surface area contributed by atoms with Gasteiger partial charge in [-0.1, -0.05) is 27.2 Å². The summed E-state index contributed by atoms with van der Waals surface area (Å²) in [6.07, 6.45) is 5.73. The zero-order valence-corrected chi connectivity index (χ0v) is 10.1. The van der Waals surface area contributed by atoms with Crippen LogP contribution in [0.25, 0.3) is 0 Å². The SMILES string of the molecule is CCC[C@H]1C[C@@H]2C[C@H](C1NC)C2(C)C. The normalized spacial score (nSPS) is 44.6. The van der Waals surface area contributed by atoms with Crippen LogP contribution in [0.3, 0.4) is 0 Å². The van der Waals surface area contributed by atoms with Crippen molar-refractivity contribution in [3.63, 3.8) is 0 Å². The first-order valence-corrected chi connectivity index (χ1v) is 6.28. The first-order chi connectivity index (χ1) is 6.61. The van der Waals surface area contributed by atoms with Crippen LogP contribution in [-0.4, -0.2) is 13.1 Å². The van der Waals surface area contributed by atoms with Crippen LogP contribution in [0.4, 0.5) is 0 Å². The molecular formula is C13H25N. The summed E-state index contributed by atoms with van der Waals surface area (Å²) in [6.45, 7) is 7.26. The minimum atomic E-state index is 0.623. The van der Waals surface area contributed by atoms with E-state index in [1.807, 2.05) is 0 Å². The van der Waals surface area contributed by atoms with Crippen LogP contribution in [0.15, 0.2) is 0 Å². The summed E-state index contributed by atoms with van der Waals surface area (Å²) in [6, 6.07) is 0.801. The van der Waals surface area contributed by atoms with Crippen molar-refractivity contribution >= 4 is 0 Å². The maximum absolute atomic E-state index is 3.58. The van der Waals surface area contributed by atoms with Crippen LogP contribution in [0.5, 0.6) is 0 Å². The van der Waals surface area contributed by atoms with Crippen molar-refractivity contribution < 1.29 is 0 Å². The fourth-order valence-corrected chi connectivity index (χ4v) is 4.01. The fourth-order valence-electron chi connectivity index (χ4n) is 4.01. The van der Waals surface area contributed by atoms with E-state index in [2.05, 4.69) is 33.1 Å². The largest absolute Gasteiger partial charge is 0.316 e. The van der Waals surface area contributed by atoms with Gasteiger partial charge in [-0.05, 0) is 49.5 Å². The molecule has 2 bridgehead atoms. The molecule has 3 rings (SSSR count). The Morgan fingerprint density at radius 1 is 1.29 bits per heavy atom. The average molecular weight is 195 g/mol. The molecule has 3 fully saturated rings. The van der Waals surface area contributed by atoms with E-state index < -0.39 is 0 Å².